The van der Waals surface area contributed by atoms with E-state index < -0.39 is 0 Å². The quantitative estimate of drug-likeness (QED) is 0.848. The lowest BCUT2D eigenvalue weighted by atomic mass is 9.98. The van der Waals surface area contributed by atoms with Crippen LogP contribution in [0.15, 0.2) is 29.1 Å². The molecule has 1 aliphatic rings. The van der Waals surface area contributed by atoms with E-state index in [2.05, 4.69) is 5.10 Å². The molecule has 3 rings (SSSR count). The molecule has 0 fully saturated rings. The molecule has 18 heavy (non-hydrogen) atoms. The molecule has 3 nitrogen and oxygen atoms in total. The minimum atomic E-state index is -0.293. The highest BCUT2D eigenvalue weighted by Gasteiger charge is 2.17. The van der Waals surface area contributed by atoms with Gasteiger partial charge in [0.25, 0.3) is 5.56 Å². The third-order valence-corrected chi connectivity index (χ3v) is 3.26. The molecule has 2 aromatic rings. The first-order chi connectivity index (χ1) is 8.25. The molecule has 0 bridgehead atoms. The van der Waals surface area contributed by atoms with Crippen LogP contribution in [-0.4, -0.2) is 9.78 Å². The molecular formula is C13H14ClFN2O. The highest BCUT2D eigenvalue weighted by atomic mass is 35.5. The van der Waals surface area contributed by atoms with Gasteiger partial charge in [0.05, 0.1) is 5.69 Å². The van der Waals surface area contributed by atoms with E-state index in [0.717, 1.165) is 36.9 Å². The summed E-state index contributed by atoms with van der Waals surface area (Å²) in [7, 11) is 0. The highest BCUT2D eigenvalue weighted by Crippen LogP contribution is 2.17. The maximum atomic E-state index is 12.8. The predicted molar refractivity (Wildman–Crippen MR) is 70.2 cm³/mol. The summed E-state index contributed by atoms with van der Waals surface area (Å²) in [5, 5.41) is 3.12. The summed E-state index contributed by atoms with van der Waals surface area (Å²) in [5.74, 6) is -0.293. The van der Waals surface area contributed by atoms with Crippen LogP contribution < -0.4 is 5.56 Å². The van der Waals surface area contributed by atoms with E-state index in [1.165, 1.54) is 16.8 Å². The molecule has 1 heterocycles. The summed E-state index contributed by atoms with van der Waals surface area (Å²) in [6.07, 6.45) is 3.97. The Labute approximate surface area is 110 Å². The second kappa shape index (κ2) is 4.98. The molecule has 0 unspecified atom stereocenters. The van der Waals surface area contributed by atoms with Gasteiger partial charge in [-0.2, -0.15) is 0 Å². The lowest BCUT2D eigenvalue weighted by Gasteiger charge is -2.07. The fourth-order valence-electron chi connectivity index (χ4n) is 2.36. The molecule has 1 aromatic carbocycles. The predicted octanol–water partition coefficient (Wildman–Crippen LogP) is 2.61. The maximum Gasteiger partial charge on any atom is 0.274 e. The molecule has 0 spiro atoms. The van der Waals surface area contributed by atoms with E-state index in [-0.39, 0.29) is 23.8 Å². The first kappa shape index (κ1) is 12.9. The molecule has 0 amide bonds. The Morgan fingerprint density at radius 2 is 1.78 bits per heavy atom. The van der Waals surface area contributed by atoms with Crippen molar-refractivity contribution in [2.75, 3.05) is 0 Å². The second-order valence-corrected chi connectivity index (χ2v) is 4.39. The number of hydrogen-bond acceptors (Lipinski definition) is 1. The van der Waals surface area contributed by atoms with Crippen molar-refractivity contribution in [3.63, 3.8) is 0 Å². The topological polar surface area (TPSA) is 37.8 Å². The normalized spacial score (nSPS) is 13.8. The van der Waals surface area contributed by atoms with Gasteiger partial charge in [-0.25, -0.2) is 9.07 Å². The zero-order chi connectivity index (χ0) is 11.8. The van der Waals surface area contributed by atoms with Crippen LogP contribution in [-0.2, 0) is 12.8 Å². The number of aryl methyl sites for hydroxylation is 1. The maximum absolute atomic E-state index is 12.8. The molecule has 1 aromatic heterocycles. The Morgan fingerprint density at radius 3 is 2.44 bits per heavy atom. The number of aromatic nitrogens is 2. The molecule has 96 valence electrons. The van der Waals surface area contributed by atoms with E-state index >= 15 is 0 Å². The Kier molecular flexibility index (Phi) is 3.57. The molecule has 1 N–H and O–H groups in total. The van der Waals surface area contributed by atoms with Crippen LogP contribution >= 0.6 is 12.4 Å². The number of aromatic amines is 1. The van der Waals surface area contributed by atoms with Gasteiger partial charge in [-0.1, -0.05) is 0 Å². The van der Waals surface area contributed by atoms with Gasteiger partial charge in [-0.05, 0) is 49.9 Å². The van der Waals surface area contributed by atoms with E-state index in [4.69, 9.17) is 0 Å². The molecule has 0 radical (unpaired) electrons. The smallest absolute Gasteiger partial charge is 0.274 e. The van der Waals surface area contributed by atoms with Crippen LogP contribution in [0.25, 0.3) is 5.69 Å². The van der Waals surface area contributed by atoms with Crippen LogP contribution in [0, 0.1) is 5.82 Å². The third kappa shape index (κ3) is 2.08. The summed E-state index contributed by atoms with van der Waals surface area (Å²) in [4.78, 5) is 12.1. The van der Waals surface area contributed by atoms with Crippen molar-refractivity contribution >= 4 is 12.4 Å². The van der Waals surface area contributed by atoms with Crippen LogP contribution in [0.2, 0.25) is 0 Å². The van der Waals surface area contributed by atoms with Crippen LogP contribution in [0.5, 0.6) is 0 Å². The molecule has 0 saturated heterocycles. The number of hydrogen-bond donors (Lipinski definition) is 1. The standard InChI is InChI=1S/C13H13FN2O.ClH/c14-9-5-7-10(8-6-9)16-13(17)11-3-1-2-4-12(11)15-16;/h5-8,15H,1-4H2;1H. The largest absolute Gasteiger partial charge is 0.295 e. The van der Waals surface area contributed by atoms with Gasteiger partial charge in [0.1, 0.15) is 5.82 Å². The monoisotopic (exact) mass is 268 g/mol. The summed E-state index contributed by atoms with van der Waals surface area (Å²) in [5.41, 5.74) is 2.61. The zero-order valence-electron chi connectivity index (χ0n) is 9.78. The summed E-state index contributed by atoms with van der Waals surface area (Å²) >= 11 is 0. The van der Waals surface area contributed by atoms with Crippen LogP contribution in [0.1, 0.15) is 24.1 Å². The van der Waals surface area contributed by atoms with E-state index in [9.17, 15) is 9.18 Å². The Hall–Kier alpha value is -1.55. The van der Waals surface area contributed by atoms with E-state index in [1.54, 1.807) is 12.1 Å². The lowest BCUT2D eigenvalue weighted by Crippen LogP contribution is -2.17. The minimum absolute atomic E-state index is 0. The summed E-state index contributed by atoms with van der Waals surface area (Å²) < 4.78 is 14.3. The van der Waals surface area contributed by atoms with Crippen LogP contribution in [0.4, 0.5) is 4.39 Å². The van der Waals surface area contributed by atoms with Gasteiger partial charge in [0, 0.05) is 11.3 Å². The van der Waals surface area contributed by atoms with Crippen molar-refractivity contribution in [1.82, 2.24) is 9.78 Å². The van der Waals surface area contributed by atoms with E-state index in [0.29, 0.717) is 5.69 Å². The van der Waals surface area contributed by atoms with Gasteiger partial charge in [0.15, 0.2) is 0 Å². The first-order valence-electron chi connectivity index (χ1n) is 5.84. The number of fused-ring (bicyclic) bond motifs is 1. The third-order valence-electron chi connectivity index (χ3n) is 3.26. The number of nitrogens with one attached hydrogen (secondary N) is 1. The molecule has 5 heteroatoms. The number of nitrogens with zero attached hydrogens (tertiary/aromatic N) is 1. The lowest BCUT2D eigenvalue weighted by molar-refractivity contribution is 0.626. The SMILES string of the molecule is Cl.O=c1c2c([nH]n1-c1ccc(F)cc1)CCCC2. The van der Waals surface area contributed by atoms with Crippen molar-refractivity contribution in [2.24, 2.45) is 0 Å². The molecule has 0 atom stereocenters. The van der Waals surface area contributed by atoms with E-state index in [1.807, 2.05) is 0 Å². The first-order valence-corrected chi connectivity index (χ1v) is 5.84. The van der Waals surface area contributed by atoms with Gasteiger partial charge < -0.3 is 0 Å². The number of H-pyrrole nitrogens is 1. The van der Waals surface area contributed by atoms with Gasteiger partial charge >= 0.3 is 0 Å². The van der Waals surface area contributed by atoms with Crippen molar-refractivity contribution in [3.05, 3.63) is 51.7 Å². The molecule has 1 aliphatic carbocycles. The Bertz CT molecular complexity index is 600. The summed E-state index contributed by atoms with van der Waals surface area (Å²) in [6, 6.07) is 5.95. The highest BCUT2D eigenvalue weighted by molar-refractivity contribution is 5.85. The fraction of sp³-hybridized carbons (Fsp3) is 0.308. The Morgan fingerprint density at radius 1 is 1.11 bits per heavy atom. The van der Waals surface area contributed by atoms with Crippen molar-refractivity contribution in [2.45, 2.75) is 25.7 Å². The zero-order valence-corrected chi connectivity index (χ0v) is 10.6. The van der Waals surface area contributed by atoms with Gasteiger partial charge in [0.2, 0.25) is 0 Å². The second-order valence-electron chi connectivity index (χ2n) is 4.39. The summed E-state index contributed by atoms with van der Waals surface area (Å²) in [6.45, 7) is 0. The number of halogens is 2. The molecular weight excluding hydrogens is 255 g/mol. The van der Waals surface area contributed by atoms with Crippen LogP contribution in [0.3, 0.4) is 0 Å². The average molecular weight is 269 g/mol. The number of benzene rings is 1. The van der Waals surface area contributed by atoms with Crippen molar-refractivity contribution < 1.29 is 4.39 Å². The van der Waals surface area contributed by atoms with Crippen molar-refractivity contribution in [3.8, 4) is 5.69 Å². The van der Waals surface area contributed by atoms with Crippen molar-refractivity contribution in [1.29, 1.82) is 0 Å². The molecule has 0 saturated carbocycles. The van der Waals surface area contributed by atoms with Gasteiger partial charge in [-0.3, -0.25) is 9.89 Å². The molecule has 0 aliphatic heterocycles. The minimum Gasteiger partial charge on any atom is -0.295 e. The Balaban J connectivity index is 0.00000120. The number of rotatable bonds is 1. The fourth-order valence-corrected chi connectivity index (χ4v) is 2.36. The van der Waals surface area contributed by atoms with Gasteiger partial charge in [-0.15, -0.1) is 12.4 Å². The average Bonchev–Trinajstić information content (AvgIpc) is 2.69.